The molecule has 3 aliphatic rings. The molecule has 210 valence electrons. The first kappa shape index (κ1) is 26.8. The van der Waals surface area contributed by atoms with E-state index in [1.165, 1.54) is 24.8 Å². The SMILES string of the molecule is CC(C)Cc1nc(-c2ccc3c(c2)c(C2=CC4=CC=C(OCCN5[C@H](C)CCC[C@@H]5C)CC4C=C2)nn3C)n[nH]1. The van der Waals surface area contributed by atoms with Crippen LogP contribution >= 0.6 is 0 Å². The Morgan fingerprint density at radius 3 is 2.75 bits per heavy atom. The second-order valence-electron chi connectivity index (χ2n) is 12.2. The Labute approximate surface area is 237 Å². The second kappa shape index (κ2) is 11.2. The highest BCUT2D eigenvalue weighted by Crippen LogP contribution is 2.37. The highest BCUT2D eigenvalue weighted by Gasteiger charge is 2.26. The largest absolute Gasteiger partial charge is 0.497 e. The Kier molecular flexibility index (Phi) is 7.49. The van der Waals surface area contributed by atoms with Gasteiger partial charge in [0.2, 0.25) is 0 Å². The molecule has 7 nitrogen and oxygen atoms in total. The van der Waals surface area contributed by atoms with Crippen LogP contribution in [-0.4, -0.2) is 55.1 Å². The average Bonchev–Trinajstić information content (AvgIpc) is 3.53. The number of aryl methyl sites for hydroxylation is 1. The molecule has 1 N–H and O–H groups in total. The van der Waals surface area contributed by atoms with E-state index in [-0.39, 0.29) is 0 Å². The van der Waals surface area contributed by atoms with Crippen LogP contribution in [0, 0.1) is 11.8 Å². The Balaban J connectivity index is 1.19. The minimum Gasteiger partial charge on any atom is -0.497 e. The van der Waals surface area contributed by atoms with Crippen molar-refractivity contribution in [3.05, 3.63) is 71.4 Å². The number of piperidine rings is 1. The first-order valence-electron chi connectivity index (χ1n) is 14.9. The van der Waals surface area contributed by atoms with Gasteiger partial charge in [0.15, 0.2) is 5.82 Å². The lowest BCUT2D eigenvalue weighted by molar-refractivity contribution is 0.0677. The van der Waals surface area contributed by atoms with Crippen molar-refractivity contribution in [2.75, 3.05) is 13.2 Å². The third kappa shape index (κ3) is 5.44. The Morgan fingerprint density at radius 2 is 1.95 bits per heavy atom. The van der Waals surface area contributed by atoms with Gasteiger partial charge in [0.1, 0.15) is 18.1 Å². The van der Waals surface area contributed by atoms with E-state index in [4.69, 9.17) is 14.8 Å². The number of nitrogens with one attached hydrogen (secondary N) is 1. The highest BCUT2D eigenvalue weighted by molar-refractivity contribution is 5.96. The highest BCUT2D eigenvalue weighted by atomic mass is 16.5. The number of fused-ring (bicyclic) bond motifs is 2. The number of hydrogen-bond donors (Lipinski definition) is 1. The van der Waals surface area contributed by atoms with Crippen LogP contribution in [0.3, 0.4) is 0 Å². The molecule has 0 spiro atoms. The molecule has 3 heterocycles. The molecule has 1 fully saturated rings. The molecule has 0 saturated carbocycles. The number of allylic oxidation sites excluding steroid dienone is 8. The van der Waals surface area contributed by atoms with Crippen molar-refractivity contribution in [3.63, 3.8) is 0 Å². The summed E-state index contributed by atoms with van der Waals surface area (Å²) in [6.07, 6.45) is 16.9. The molecule has 2 aliphatic carbocycles. The maximum Gasteiger partial charge on any atom is 0.181 e. The number of aromatic nitrogens is 5. The lowest BCUT2D eigenvalue weighted by Gasteiger charge is -2.39. The third-order valence-corrected chi connectivity index (χ3v) is 8.67. The second-order valence-corrected chi connectivity index (χ2v) is 12.2. The molecule has 6 rings (SSSR count). The summed E-state index contributed by atoms with van der Waals surface area (Å²) in [6.45, 7) is 10.8. The summed E-state index contributed by atoms with van der Waals surface area (Å²) >= 11 is 0. The van der Waals surface area contributed by atoms with E-state index in [2.05, 4.69) is 91.4 Å². The van der Waals surface area contributed by atoms with Crippen LogP contribution in [0.1, 0.15) is 64.9 Å². The normalized spacial score (nSPS) is 23.2. The molecule has 2 aromatic heterocycles. The van der Waals surface area contributed by atoms with Gasteiger partial charge in [-0.25, -0.2) is 4.98 Å². The van der Waals surface area contributed by atoms with Crippen molar-refractivity contribution >= 4 is 16.5 Å². The van der Waals surface area contributed by atoms with Crippen LogP contribution in [0.4, 0.5) is 0 Å². The lowest BCUT2D eigenvalue weighted by atomic mass is 9.84. The smallest absolute Gasteiger partial charge is 0.181 e. The van der Waals surface area contributed by atoms with E-state index in [9.17, 15) is 0 Å². The van der Waals surface area contributed by atoms with Crippen molar-refractivity contribution in [1.82, 2.24) is 29.9 Å². The van der Waals surface area contributed by atoms with Gasteiger partial charge < -0.3 is 4.74 Å². The van der Waals surface area contributed by atoms with Gasteiger partial charge in [-0.1, -0.05) is 38.5 Å². The van der Waals surface area contributed by atoms with Crippen LogP contribution in [-0.2, 0) is 18.2 Å². The molecule has 40 heavy (non-hydrogen) atoms. The zero-order chi connectivity index (χ0) is 27.8. The van der Waals surface area contributed by atoms with Crippen molar-refractivity contribution in [1.29, 1.82) is 0 Å². The van der Waals surface area contributed by atoms with Gasteiger partial charge in [-0.3, -0.25) is 14.7 Å². The number of likely N-dealkylation sites (tertiary alicyclic amines) is 1. The predicted octanol–water partition coefficient (Wildman–Crippen LogP) is 6.62. The van der Waals surface area contributed by atoms with Gasteiger partial charge in [-0.05, 0) is 68.5 Å². The van der Waals surface area contributed by atoms with Crippen LogP contribution in [0.15, 0.2) is 59.9 Å². The molecule has 1 aliphatic heterocycles. The predicted molar refractivity (Wildman–Crippen MR) is 161 cm³/mol. The molecular weight excluding hydrogens is 496 g/mol. The van der Waals surface area contributed by atoms with E-state index >= 15 is 0 Å². The minimum atomic E-state index is 0.342. The van der Waals surface area contributed by atoms with E-state index in [1.807, 2.05) is 11.7 Å². The fourth-order valence-electron chi connectivity index (χ4n) is 6.47. The van der Waals surface area contributed by atoms with Crippen LogP contribution in [0.25, 0.3) is 27.9 Å². The number of benzene rings is 1. The number of rotatable bonds is 8. The number of nitrogens with zero attached hydrogens (tertiary/aromatic N) is 5. The molecular formula is C33H42N6O. The van der Waals surface area contributed by atoms with Crippen LogP contribution in [0.5, 0.6) is 0 Å². The van der Waals surface area contributed by atoms with Crippen LogP contribution in [0.2, 0.25) is 0 Å². The summed E-state index contributed by atoms with van der Waals surface area (Å²) < 4.78 is 8.23. The van der Waals surface area contributed by atoms with Crippen molar-refractivity contribution in [2.24, 2.45) is 18.9 Å². The van der Waals surface area contributed by atoms with Crippen molar-refractivity contribution < 1.29 is 4.74 Å². The lowest BCUT2D eigenvalue weighted by Crippen LogP contribution is -2.45. The monoisotopic (exact) mass is 538 g/mol. The number of H-pyrrole nitrogens is 1. The number of aromatic amines is 1. The molecule has 7 heteroatoms. The van der Waals surface area contributed by atoms with Gasteiger partial charge in [0.05, 0.1) is 11.3 Å². The summed E-state index contributed by atoms with van der Waals surface area (Å²) in [5, 5.41) is 13.6. The van der Waals surface area contributed by atoms with Gasteiger partial charge in [0.25, 0.3) is 0 Å². The summed E-state index contributed by atoms with van der Waals surface area (Å²) in [5.41, 5.74) is 5.53. The standard InChI is InChI=1S/C33H42N6O/c1-21(2)17-31-34-33(36-35-31)27-12-14-30-29(20-27)32(37-38(30)5)26-10-9-25-19-28(13-11-24(25)18-26)40-16-15-39-22(3)7-6-8-23(39)4/h9-14,18,20-23,25H,6-8,15-17,19H2,1-5H3,(H,34,35,36)/t22-,23+,25?. The Bertz CT molecular complexity index is 1490. The maximum absolute atomic E-state index is 6.27. The van der Waals surface area contributed by atoms with Crippen LogP contribution < -0.4 is 0 Å². The quantitative estimate of drug-likeness (QED) is 0.349. The summed E-state index contributed by atoms with van der Waals surface area (Å²) in [6, 6.07) is 7.68. The summed E-state index contributed by atoms with van der Waals surface area (Å²) in [5.74, 6) is 3.62. The summed E-state index contributed by atoms with van der Waals surface area (Å²) in [4.78, 5) is 7.35. The van der Waals surface area contributed by atoms with Crippen molar-refractivity contribution in [2.45, 2.75) is 71.9 Å². The van der Waals surface area contributed by atoms with E-state index in [0.717, 1.165) is 71.1 Å². The van der Waals surface area contributed by atoms with Gasteiger partial charge >= 0.3 is 0 Å². The molecule has 3 atom stereocenters. The molecule has 1 unspecified atom stereocenters. The van der Waals surface area contributed by atoms with E-state index in [1.54, 1.807) is 0 Å². The fourth-order valence-corrected chi connectivity index (χ4v) is 6.47. The van der Waals surface area contributed by atoms with Gasteiger partial charge in [-0.15, -0.1) is 0 Å². The minimum absolute atomic E-state index is 0.342. The zero-order valence-electron chi connectivity index (χ0n) is 24.5. The molecule has 3 aromatic rings. The van der Waals surface area contributed by atoms with Crippen molar-refractivity contribution in [3.8, 4) is 11.4 Å². The number of ether oxygens (including phenoxy) is 1. The molecule has 0 amide bonds. The zero-order valence-corrected chi connectivity index (χ0v) is 24.5. The topological polar surface area (TPSA) is 71.9 Å². The molecule has 1 aromatic carbocycles. The van der Waals surface area contributed by atoms with E-state index in [0.29, 0.717) is 23.9 Å². The third-order valence-electron chi connectivity index (χ3n) is 8.67. The Hall–Kier alpha value is -3.45. The molecule has 0 bridgehead atoms. The van der Waals surface area contributed by atoms with Gasteiger partial charge in [-0.2, -0.15) is 10.2 Å². The number of hydrogen-bond acceptors (Lipinski definition) is 5. The molecule has 1 saturated heterocycles. The average molecular weight is 539 g/mol. The maximum atomic E-state index is 6.27. The molecule has 0 radical (unpaired) electrons. The fraction of sp³-hybridized carbons (Fsp3) is 0.485. The summed E-state index contributed by atoms with van der Waals surface area (Å²) in [7, 11) is 2.01. The first-order chi connectivity index (χ1) is 19.4. The van der Waals surface area contributed by atoms with E-state index < -0.39 is 0 Å². The Morgan fingerprint density at radius 1 is 1.12 bits per heavy atom. The van der Waals surface area contributed by atoms with Gasteiger partial charge in [0, 0.05) is 61.0 Å². The first-order valence-corrected chi connectivity index (χ1v) is 14.9.